The third kappa shape index (κ3) is 2.64. The molecule has 116 valence electrons. The summed E-state index contributed by atoms with van der Waals surface area (Å²) in [4.78, 5) is 12.3. The molecule has 5 nitrogen and oxygen atoms in total. The Kier molecular flexibility index (Phi) is 4.24. The predicted octanol–water partition coefficient (Wildman–Crippen LogP) is 3.03. The number of pyridine rings is 1. The monoisotopic (exact) mass is 298 g/mol. The average Bonchev–Trinajstić information content (AvgIpc) is 3.06. The third-order valence-corrected chi connectivity index (χ3v) is 4.27. The Morgan fingerprint density at radius 3 is 3.05 bits per heavy atom. The summed E-state index contributed by atoms with van der Waals surface area (Å²) in [5.74, 6) is 1.57. The molecular formula is C17H22N4O. The number of imidazole rings is 1. The molecule has 0 spiro atoms. The number of methoxy groups -OCH3 is 1. The molecule has 1 fully saturated rings. The molecule has 0 saturated carbocycles. The number of rotatable bonds is 5. The van der Waals surface area contributed by atoms with Gasteiger partial charge in [-0.05, 0) is 44.4 Å². The Bertz CT molecular complexity index is 644. The largest absolute Gasteiger partial charge is 0.481 e. The van der Waals surface area contributed by atoms with Gasteiger partial charge in [-0.25, -0.2) is 9.97 Å². The molecule has 3 rings (SSSR count). The summed E-state index contributed by atoms with van der Waals surface area (Å²) in [5.41, 5.74) is 1.72. The molecule has 0 aliphatic carbocycles. The van der Waals surface area contributed by atoms with Crippen molar-refractivity contribution in [2.45, 2.75) is 31.2 Å². The Morgan fingerprint density at radius 1 is 1.41 bits per heavy atom. The summed E-state index contributed by atoms with van der Waals surface area (Å²) < 4.78 is 5.34. The highest BCUT2D eigenvalue weighted by molar-refractivity contribution is 5.64. The minimum absolute atomic E-state index is 0.131. The maximum absolute atomic E-state index is 5.34. The van der Waals surface area contributed by atoms with E-state index in [1.165, 1.54) is 12.8 Å². The molecule has 0 amide bonds. The molecule has 3 heterocycles. The van der Waals surface area contributed by atoms with Gasteiger partial charge in [0, 0.05) is 6.20 Å². The van der Waals surface area contributed by atoms with Crippen LogP contribution in [0.15, 0.2) is 37.2 Å². The number of nitrogens with zero attached hydrogens (tertiary/aromatic N) is 2. The van der Waals surface area contributed by atoms with Crippen molar-refractivity contribution in [2.75, 3.05) is 13.7 Å². The van der Waals surface area contributed by atoms with Gasteiger partial charge in [0.15, 0.2) is 0 Å². The number of nitrogens with one attached hydrogen (secondary N) is 2. The Balaban J connectivity index is 1.96. The van der Waals surface area contributed by atoms with Crippen LogP contribution in [-0.4, -0.2) is 28.6 Å². The van der Waals surface area contributed by atoms with Gasteiger partial charge in [0.25, 0.3) is 0 Å². The van der Waals surface area contributed by atoms with E-state index in [2.05, 4.69) is 26.8 Å². The zero-order chi connectivity index (χ0) is 15.4. The molecule has 1 atom stereocenters. The van der Waals surface area contributed by atoms with Crippen LogP contribution in [0.2, 0.25) is 0 Å². The van der Waals surface area contributed by atoms with Crippen molar-refractivity contribution in [2.24, 2.45) is 0 Å². The van der Waals surface area contributed by atoms with Gasteiger partial charge in [-0.3, -0.25) is 0 Å². The van der Waals surface area contributed by atoms with Gasteiger partial charge in [0.05, 0.1) is 30.1 Å². The summed E-state index contributed by atoms with van der Waals surface area (Å²) in [6, 6.07) is 3.88. The lowest BCUT2D eigenvalue weighted by molar-refractivity contribution is 0.247. The van der Waals surface area contributed by atoms with E-state index in [1.807, 2.05) is 24.4 Å². The van der Waals surface area contributed by atoms with Gasteiger partial charge in [-0.2, -0.15) is 0 Å². The summed E-state index contributed by atoms with van der Waals surface area (Å²) in [5, 5.41) is 3.63. The second-order valence-electron chi connectivity index (χ2n) is 5.66. The molecule has 0 unspecified atom stereocenters. The third-order valence-electron chi connectivity index (χ3n) is 4.27. The van der Waals surface area contributed by atoms with Gasteiger partial charge in [0.1, 0.15) is 5.82 Å². The lowest BCUT2D eigenvalue weighted by atomic mass is 9.85. The SMILES string of the molecule is C=CC[C@@]1(c2ncc(-c3cccnc3OC)[nH]2)CCCCN1. The molecule has 0 radical (unpaired) electrons. The van der Waals surface area contributed by atoms with Crippen LogP contribution in [0.25, 0.3) is 11.3 Å². The minimum atomic E-state index is -0.131. The normalized spacial score (nSPS) is 21.5. The number of ether oxygens (including phenoxy) is 1. The summed E-state index contributed by atoms with van der Waals surface area (Å²) >= 11 is 0. The first-order chi connectivity index (χ1) is 10.8. The summed E-state index contributed by atoms with van der Waals surface area (Å²) in [6.45, 7) is 4.92. The van der Waals surface area contributed by atoms with Crippen molar-refractivity contribution < 1.29 is 4.74 Å². The van der Waals surface area contributed by atoms with Crippen LogP contribution < -0.4 is 10.1 Å². The van der Waals surface area contributed by atoms with Crippen LogP contribution in [-0.2, 0) is 5.54 Å². The number of hydrogen-bond acceptors (Lipinski definition) is 4. The molecule has 1 aliphatic heterocycles. The van der Waals surface area contributed by atoms with E-state index >= 15 is 0 Å². The fraction of sp³-hybridized carbons (Fsp3) is 0.412. The molecule has 2 aromatic heterocycles. The van der Waals surface area contributed by atoms with Crippen LogP contribution in [0.3, 0.4) is 0 Å². The standard InChI is InChI=1S/C17H22N4O/c1-3-8-17(9-4-5-11-20-17)16-19-12-14(21-16)13-7-6-10-18-15(13)22-2/h3,6-7,10,12,20H,1,4-5,8-9,11H2,2H3,(H,19,21)/t17-/m0/s1. The first-order valence-electron chi connectivity index (χ1n) is 7.70. The van der Waals surface area contributed by atoms with E-state index in [9.17, 15) is 0 Å². The topological polar surface area (TPSA) is 62.8 Å². The van der Waals surface area contributed by atoms with Crippen LogP contribution in [0.5, 0.6) is 5.88 Å². The highest BCUT2D eigenvalue weighted by Gasteiger charge is 2.35. The molecule has 2 N–H and O–H groups in total. The maximum Gasteiger partial charge on any atom is 0.222 e. The van der Waals surface area contributed by atoms with Gasteiger partial charge in [0.2, 0.25) is 5.88 Å². The first-order valence-corrected chi connectivity index (χ1v) is 7.70. The van der Waals surface area contributed by atoms with Crippen molar-refractivity contribution in [1.29, 1.82) is 0 Å². The van der Waals surface area contributed by atoms with Crippen molar-refractivity contribution in [1.82, 2.24) is 20.3 Å². The fourth-order valence-electron chi connectivity index (χ4n) is 3.15. The van der Waals surface area contributed by atoms with E-state index < -0.39 is 0 Å². The van der Waals surface area contributed by atoms with E-state index in [-0.39, 0.29) is 5.54 Å². The molecule has 22 heavy (non-hydrogen) atoms. The fourth-order valence-corrected chi connectivity index (χ4v) is 3.15. The van der Waals surface area contributed by atoms with Gasteiger partial charge >= 0.3 is 0 Å². The van der Waals surface area contributed by atoms with Gasteiger partial charge < -0.3 is 15.0 Å². The van der Waals surface area contributed by atoms with E-state index in [0.717, 1.165) is 36.5 Å². The van der Waals surface area contributed by atoms with Crippen molar-refractivity contribution in [3.8, 4) is 17.1 Å². The molecule has 0 aromatic carbocycles. The van der Waals surface area contributed by atoms with Crippen LogP contribution in [0.1, 0.15) is 31.5 Å². The molecule has 5 heteroatoms. The van der Waals surface area contributed by atoms with Crippen LogP contribution in [0, 0.1) is 0 Å². The zero-order valence-electron chi connectivity index (χ0n) is 12.9. The smallest absolute Gasteiger partial charge is 0.222 e. The number of piperidine rings is 1. The lowest BCUT2D eigenvalue weighted by Crippen LogP contribution is -2.46. The molecule has 1 saturated heterocycles. The molecule has 1 aliphatic rings. The van der Waals surface area contributed by atoms with E-state index in [1.54, 1.807) is 13.3 Å². The zero-order valence-corrected chi connectivity index (χ0v) is 12.9. The predicted molar refractivity (Wildman–Crippen MR) is 86.7 cm³/mol. The summed E-state index contributed by atoms with van der Waals surface area (Å²) in [6.07, 6.45) is 9.89. The maximum atomic E-state index is 5.34. The van der Waals surface area contributed by atoms with Crippen molar-refractivity contribution in [3.05, 3.63) is 43.0 Å². The number of H-pyrrole nitrogens is 1. The van der Waals surface area contributed by atoms with Crippen molar-refractivity contribution >= 4 is 0 Å². The molecule has 0 bridgehead atoms. The van der Waals surface area contributed by atoms with Crippen molar-refractivity contribution in [3.63, 3.8) is 0 Å². The van der Waals surface area contributed by atoms with Crippen LogP contribution >= 0.6 is 0 Å². The minimum Gasteiger partial charge on any atom is -0.481 e. The average molecular weight is 298 g/mol. The highest BCUT2D eigenvalue weighted by Crippen LogP contribution is 2.34. The van der Waals surface area contributed by atoms with Crippen LogP contribution in [0.4, 0.5) is 0 Å². The lowest BCUT2D eigenvalue weighted by Gasteiger charge is -2.36. The summed E-state index contributed by atoms with van der Waals surface area (Å²) in [7, 11) is 1.63. The van der Waals surface area contributed by atoms with E-state index in [0.29, 0.717) is 5.88 Å². The number of aromatic nitrogens is 3. The second kappa shape index (κ2) is 6.32. The Morgan fingerprint density at radius 2 is 2.32 bits per heavy atom. The number of aromatic amines is 1. The van der Waals surface area contributed by atoms with E-state index in [4.69, 9.17) is 4.74 Å². The highest BCUT2D eigenvalue weighted by atomic mass is 16.5. The Labute approximate surface area is 130 Å². The Hall–Kier alpha value is -2.14. The van der Waals surface area contributed by atoms with Gasteiger partial charge in [-0.15, -0.1) is 6.58 Å². The second-order valence-corrected chi connectivity index (χ2v) is 5.66. The molecule has 2 aromatic rings. The number of hydrogen-bond donors (Lipinski definition) is 2. The molecular weight excluding hydrogens is 276 g/mol. The van der Waals surface area contributed by atoms with Gasteiger partial charge in [-0.1, -0.05) is 6.08 Å². The quantitative estimate of drug-likeness (QED) is 0.833. The first kappa shape index (κ1) is 14.8.